The molecule has 0 aliphatic heterocycles. The summed E-state index contributed by atoms with van der Waals surface area (Å²) in [5, 5.41) is 0. The standard InChI is InChI=1S/C16H20BrN3O/c1-10(2)8-13-14(17)15(18)20-16(19-13)12-7-5-4-6-11(12)9-21-3/h4-7,10H,8-9H2,1-3H3,(H2,18,19,20). The van der Waals surface area contributed by atoms with Crippen LogP contribution in [-0.4, -0.2) is 17.1 Å². The Morgan fingerprint density at radius 2 is 1.95 bits per heavy atom. The van der Waals surface area contributed by atoms with Gasteiger partial charge in [0, 0.05) is 12.7 Å². The van der Waals surface area contributed by atoms with Crippen LogP contribution in [0.5, 0.6) is 0 Å². The Kier molecular flexibility index (Phi) is 5.31. The second-order valence-corrected chi connectivity index (χ2v) is 6.17. The second-order valence-electron chi connectivity index (χ2n) is 5.38. The number of nitrogens with zero attached hydrogens (tertiary/aromatic N) is 2. The summed E-state index contributed by atoms with van der Waals surface area (Å²) < 4.78 is 6.04. The molecule has 2 rings (SSSR count). The van der Waals surface area contributed by atoms with Crippen LogP contribution in [0.4, 0.5) is 5.82 Å². The Labute approximate surface area is 133 Å². The fourth-order valence-electron chi connectivity index (χ4n) is 2.18. The van der Waals surface area contributed by atoms with Crippen molar-refractivity contribution in [2.45, 2.75) is 26.9 Å². The molecule has 0 unspecified atom stereocenters. The van der Waals surface area contributed by atoms with E-state index in [-0.39, 0.29) is 0 Å². The van der Waals surface area contributed by atoms with Crippen LogP contribution >= 0.6 is 15.9 Å². The van der Waals surface area contributed by atoms with E-state index in [1.54, 1.807) is 7.11 Å². The molecule has 5 heteroatoms. The highest BCUT2D eigenvalue weighted by Crippen LogP contribution is 2.28. The molecule has 0 saturated carbocycles. The van der Waals surface area contributed by atoms with Gasteiger partial charge in [-0.3, -0.25) is 0 Å². The molecule has 112 valence electrons. The molecule has 0 saturated heterocycles. The lowest BCUT2D eigenvalue weighted by molar-refractivity contribution is 0.185. The Balaban J connectivity index is 2.52. The zero-order chi connectivity index (χ0) is 15.4. The summed E-state index contributed by atoms with van der Waals surface area (Å²) in [7, 11) is 1.68. The topological polar surface area (TPSA) is 61.0 Å². The van der Waals surface area contributed by atoms with Crippen molar-refractivity contribution in [2.24, 2.45) is 5.92 Å². The molecule has 2 aromatic rings. The van der Waals surface area contributed by atoms with Crippen LogP contribution in [0.25, 0.3) is 11.4 Å². The smallest absolute Gasteiger partial charge is 0.162 e. The van der Waals surface area contributed by atoms with Gasteiger partial charge >= 0.3 is 0 Å². The van der Waals surface area contributed by atoms with E-state index in [9.17, 15) is 0 Å². The van der Waals surface area contributed by atoms with Crippen molar-refractivity contribution >= 4 is 21.7 Å². The highest BCUT2D eigenvalue weighted by Gasteiger charge is 2.14. The zero-order valence-electron chi connectivity index (χ0n) is 12.6. The first-order valence-electron chi connectivity index (χ1n) is 6.92. The Bertz CT molecular complexity index is 629. The third kappa shape index (κ3) is 3.80. The number of methoxy groups -OCH3 is 1. The summed E-state index contributed by atoms with van der Waals surface area (Å²) in [6.45, 7) is 4.83. The van der Waals surface area contributed by atoms with Crippen molar-refractivity contribution in [3.8, 4) is 11.4 Å². The van der Waals surface area contributed by atoms with Gasteiger partial charge in [0.15, 0.2) is 5.82 Å². The van der Waals surface area contributed by atoms with Gasteiger partial charge in [-0.2, -0.15) is 0 Å². The minimum Gasteiger partial charge on any atom is -0.383 e. The number of halogens is 1. The first kappa shape index (κ1) is 15.9. The molecule has 1 aromatic carbocycles. The predicted octanol–water partition coefficient (Wildman–Crippen LogP) is 3.83. The number of nitrogens with two attached hydrogens (primary N) is 1. The molecule has 0 aliphatic carbocycles. The molecule has 1 aromatic heterocycles. The molecular formula is C16H20BrN3O. The maximum absolute atomic E-state index is 6.03. The fraction of sp³-hybridized carbons (Fsp3) is 0.375. The van der Waals surface area contributed by atoms with Crippen molar-refractivity contribution in [3.63, 3.8) is 0 Å². The van der Waals surface area contributed by atoms with Crippen molar-refractivity contribution in [2.75, 3.05) is 12.8 Å². The van der Waals surface area contributed by atoms with Crippen LogP contribution in [0.15, 0.2) is 28.7 Å². The van der Waals surface area contributed by atoms with Crippen LogP contribution < -0.4 is 5.73 Å². The highest BCUT2D eigenvalue weighted by atomic mass is 79.9. The van der Waals surface area contributed by atoms with E-state index in [1.165, 1.54) is 0 Å². The van der Waals surface area contributed by atoms with Crippen molar-refractivity contribution in [1.29, 1.82) is 0 Å². The lowest BCUT2D eigenvalue weighted by Crippen LogP contribution is -2.06. The largest absolute Gasteiger partial charge is 0.383 e. The van der Waals surface area contributed by atoms with E-state index in [2.05, 4.69) is 34.8 Å². The van der Waals surface area contributed by atoms with Gasteiger partial charge in [0.05, 0.1) is 16.8 Å². The number of hydrogen-bond donors (Lipinski definition) is 1. The summed E-state index contributed by atoms with van der Waals surface area (Å²) in [5.41, 5.74) is 8.99. The molecule has 0 atom stereocenters. The van der Waals surface area contributed by atoms with E-state index in [0.29, 0.717) is 24.2 Å². The maximum Gasteiger partial charge on any atom is 0.162 e. The van der Waals surface area contributed by atoms with E-state index in [0.717, 1.165) is 27.7 Å². The number of hydrogen-bond acceptors (Lipinski definition) is 4. The van der Waals surface area contributed by atoms with Gasteiger partial charge in [-0.05, 0) is 33.8 Å². The van der Waals surface area contributed by atoms with Gasteiger partial charge in [0.1, 0.15) is 5.82 Å². The van der Waals surface area contributed by atoms with Crippen molar-refractivity contribution in [1.82, 2.24) is 9.97 Å². The molecular weight excluding hydrogens is 330 g/mol. The first-order chi connectivity index (χ1) is 10.0. The minimum atomic E-state index is 0.475. The van der Waals surface area contributed by atoms with Crippen molar-refractivity contribution < 1.29 is 4.74 Å². The predicted molar refractivity (Wildman–Crippen MR) is 88.8 cm³/mol. The molecule has 0 radical (unpaired) electrons. The second kappa shape index (κ2) is 7.00. The number of ether oxygens (including phenoxy) is 1. The molecule has 0 aliphatic rings. The maximum atomic E-state index is 6.03. The molecule has 1 heterocycles. The monoisotopic (exact) mass is 349 g/mol. The van der Waals surface area contributed by atoms with Gasteiger partial charge in [-0.1, -0.05) is 38.1 Å². The number of nitrogen functional groups attached to an aromatic ring is 1. The normalized spacial score (nSPS) is 11.1. The van der Waals surface area contributed by atoms with E-state index >= 15 is 0 Å². The molecule has 0 amide bonds. The molecule has 0 bridgehead atoms. The summed E-state index contributed by atoms with van der Waals surface area (Å²) in [6, 6.07) is 7.96. The molecule has 4 nitrogen and oxygen atoms in total. The van der Waals surface area contributed by atoms with E-state index in [4.69, 9.17) is 15.5 Å². The van der Waals surface area contributed by atoms with E-state index in [1.807, 2.05) is 24.3 Å². The summed E-state index contributed by atoms with van der Waals surface area (Å²) in [5.74, 6) is 1.62. The zero-order valence-corrected chi connectivity index (χ0v) is 14.1. The molecule has 0 fully saturated rings. The van der Waals surface area contributed by atoms with Gasteiger partial charge < -0.3 is 10.5 Å². The van der Waals surface area contributed by atoms with Crippen molar-refractivity contribution in [3.05, 3.63) is 40.0 Å². The Morgan fingerprint density at radius 1 is 1.24 bits per heavy atom. The average molecular weight is 350 g/mol. The van der Waals surface area contributed by atoms with Gasteiger partial charge in [-0.15, -0.1) is 0 Å². The van der Waals surface area contributed by atoms with Crippen LogP contribution in [0.3, 0.4) is 0 Å². The van der Waals surface area contributed by atoms with Gasteiger partial charge in [0.2, 0.25) is 0 Å². The number of rotatable bonds is 5. The quantitative estimate of drug-likeness (QED) is 0.890. The first-order valence-corrected chi connectivity index (χ1v) is 7.71. The summed E-state index contributed by atoms with van der Waals surface area (Å²) in [4.78, 5) is 9.11. The number of aromatic nitrogens is 2. The van der Waals surface area contributed by atoms with Gasteiger partial charge in [-0.25, -0.2) is 9.97 Å². The number of anilines is 1. The fourth-order valence-corrected chi connectivity index (χ4v) is 2.51. The lowest BCUT2D eigenvalue weighted by Gasteiger charge is -2.13. The third-order valence-electron chi connectivity index (χ3n) is 3.11. The molecule has 21 heavy (non-hydrogen) atoms. The Morgan fingerprint density at radius 3 is 2.62 bits per heavy atom. The van der Waals surface area contributed by atoms with Crippen LogP contribution in [0, 0.1) is 5.92 Å². The SMILES string of the molecule is COCc1ccccc1-c1nc(N)c(Br)c(CC(C)C)n1. The molecule has 2 N–H and O–H groups in total. The third-order valence-corrected chi connectivity index (χ3v) is 3.97. The number of benzene rings is 1. The van der Waals surface area contributed by atoms with E-state index < -0.39 is 0 Å². The van der Waals surface area contributed by atoms with Crippen LogP contribution in [-0.2, 0) is 17.8 Å². The van der Waals surface area contributed by atoms with Crippen LogP contribution in [0.1, 0.15) is 25.1 Å². The average Bonchev–Trinajstić information content (AvgIpc) is 2.44. The summed E-state index contributed by atoms with van der Waals surface area (Å²) in [6.07, 6.45) is 0.854. The highest BCUT2D eigenvalue weighted by molar-refractivity contribution is 9.10. The minimum absolute atomic E-state index is 0.475. The molecule has 0 spiro atoms. The van der Waals surface area contributed by atoms with Gasteiger partial charge in [0.25, 0.3) is 0 Å². The van der Waals surface area contributed by atoms with Crippen LogP contribution in [0.2, 0.25) is 0 Å². The Hall–Kier alpha value is -1.46. The lowest BCUT2D eigenvalue weighted by atomic mass is 10.1. The summed E-state index contributed by atoms with van der Waals surface area (Å²) >= 11 is 3.49.